The van der Waals surface area contributed by atoms with Gasteiger partial charge in [-0.3, -0.25) is 9.59 Å². The summed E-state index contributed by atoms with van der Waals surface area (Å²) in [7, 11) is 0. The van der Waals surface area contributed by atoms with Crippen LogP contribution in [-0.4, -0.2) is 18.5 Å². The van der Waals surface area contributed by atoms with Crippen LogP contribution in [0.4, 0.5) is 5.69 Å². The molecule has 0 heterocycles. The monoisotopic (exact) mass is 339 g/mol. The number of aryl methyl sites for hydroxylation is 1. The molecule has 3 rings (SSSR count). The molecule has 130 valence electrons. The normalized spacial score (nSPS) is 13.6. The number of nitrogens with one attached hydrogen (secondary N) is 1. The van der Waals surface area contributed by atoms with Gasteiger partial charge in [0.15, 0.2) is 6.61 Å². The summed E-state index contributed by atoms with van der Waals surface area (Å²) in [4.78, 5) is 23.4. The van der Waals surface area contributed by atoms with Crippen molar-refractivity contribution >= 4 is 17.6 Å². The first kappa shape index (κ1) is 17.0. The van der Waals surface area contributed by atoms with Crippen molar-refractivity contribution in [2.75, 3.05) is 11.9 Å². The minimum atomic E-state index is -0.347. The van der Waals surface area contributed by atoms with E-state index in [0.717, 1.165) is 25.0 Å². The second-order valence-corrected chi connectivity index (χ2v) is 6.22. The van der Waals surface area contributed by atoms with E-state index in [1.54, 1.807) is 24.3 Å². The fourth-order valence-corrected chi connectivity index (χ4v) is 2.44. The van der Waals surface area contributed by atoms with Crippen molar-refractivity contribution in [1.29, 1.82) is 0 Å². The maximum absolute atomic E-state index is 11.8. The number of rotatable bonds is 6. The van der Waals surface area contributed by atoms with Crippen LogP contribution in [-0.2, 0) is 14.3 Å². The highest BCUT2D eigenvalue weighted by atomic mass is 16.5. The number of carbonyl (C=O) groups excluding carboxylic acids is 2. The third-order valence-corrected chi connectivity index (χ3v) is 4.18. The first-order valence-electron chi connectivity index (χ1n) is 8.41. The van der Waals surface area contributed by atoms with Crippen LogP contribution in [0.25, 0.3) is 0 Å². The highest BCUT2D eigenvalue weighted by Gasteiger charge is 2.27. The van der Waals surface area contributed by atoms with E-state index >= 15 is 0 Å². The molecular weight excluding hydrogens is 318 g/mol. The van der Waals surface area contributed by atoms with Gasteiger partial charge in [0, 0.05) is 5.69 Å². The second-order valence-electron chi connectivity index (χ2n) is 6.22. The quantitative estimate of drug-likeness (QED) is 0.806. The smallest absolute Gasteiger partial charge is 0.309 e. The predicted molar refractivity (Wildman–Crippen MR) is 94.6 cm³/mol. The Kier molecular flexibility index (Phi) is 5.33. The SMILES string of the molecule is Cc1ccc(Oc2ccc(NC(=O)COC(=O)C3CCC3)cc2)cc1. The Morgan fingerprint density at radius 2 is 1.60 bits per heavy atom. The molecule has 0 aromatic heterocycles. The molecule has 1 amide bonds. The molecule has 0 bridgehead atoms. The molecule has 2 aromatic rings. The van der Waals surface area contributed by atoms with Gasteiger partial charge in [0.2, 0.25) is 0 Å². The average molecular weight is 339 g/mol. The van der Waals surface area contributed by atoms with Crippen LogP contribution < -0.4 is 10.1 Å². The van der Waals surface area contributed by atoms with E-state index in [-0.39, 0.29) is 24.4 Å². The molecule has 2 aromatic carbocycles. The van der Waals surface area contributed by atoms with Crippen molar-refractivity contribution in [2.24, 2.45) is 5.92 Å². The lowest BCUT2D eigenvalue weighted by Crippen LogP contribution is -2.28. The third kappa shape index (κ3) is 4.83. The average Bonchev–Trinajstić information content (AvgIpc) is 2.55. The predicted octanol–water partition coefficient (Wildman–Crippen LogP) is 4.07. The number of carbonyl (C=O) groups is 2. The van der Waals surface area contributed by atoms with Gasteiger partial charge in [-0.1, -0.05) is 24.1 Å². The van der Waals surface area contributed by atoms with Gasteiger partial charge in [-0.25, -0.2) is 0 Å². The zero-order valence-electron chi connectivity index (χ0n) is 14.2. The molecule has 0 atom stereocenters. The minimum Gasteiger partial charge on any atom is -0.457 e. The molecule has 0 aliphatic heterocycles. The highest BCUT2D eigenvalue weighted by molar-refractivity contribution is 5.93. The molecule has 5 heteroatoms. The standard InChI is InChI=1S/C20H21NO4/c1-14-5-9-17(10-6-14)25-18-11-7-16(8-12-18)21-19(22)13-24-20(23)15-3-2-4-15/h5-12,15H,2-4,13H2,1H3,(H,21,22). The molecule has 0 saturated heterocycles. The fraction of sp³-hybridized carbons (Fsp3) is 0.300. The Balaban J connectivity index is 1.47. The molecule has 0 radical (unpaired) electrons. The van der Waals surface area contributed by atoms with Crippen molar-refractivity contribution in [3.8, 4) is 11.5 Å². The van der Waals surface area contributed by atoms with E-state index < -0.39 is 0 Å². The van der Waals surface area contributed by atoms with Crippen molar-refractivity contribution < 1.29 is 19.1 Å². The van der Waals surface area contributed by atoms with Crippen LogP contribution in [0.3, 0.4) is 0 Å². The lowest BCUT2D eigenvalue weighted by Gasteiger charge is -2.22. The molecule has 0 unspecified atom stereocenters. The maximum Gasteiger partial charge on any atom is 0.309 e. The summed E-state index contributed by atoms with van der Waals surface area (Å²) in [5.74, 6) is 0.790. The number of anilines is 1. The largest absolute Gasteiger partial charge is 0.457 e. The van der Waals surface area contributed by atoms with Gasteiger partial charge in [0.05, 0.1) is 5.92 Å². The highest BCUT2D eigenvalue weighted by Crippen LogP contribution is 2.27. The van der Waals surface area contributed by atoms with Crippen LogP contribution in [0.2, 0.25) is 0 Å². The van der Waals surface area contributed by atoms with Gasteiger partial charge in [0.1, 0.15) is 11.5 Å². The van der Waals surface area contributed by atoms with Gasteiger partial charge in [-0.15, -0.1) is 0 Å². The summed E-state index contributed by atoms with van der Waals surface area (Å²) in [6, 6.07) is 14.8. The molecule has 25 heavy (non-hydrogen) atoms. The number of esters is 1. The molecular formula is C20H21NO4. The lowest BCUT2D eigenvalue weighted by molar-refractivity contribution is -0.154. The lowest BCUT2D eigenvalue weighted by atomic mass is 9.86. The number of benzene rings is 2. The van der Waals surface area contributed by atoms with Crippen LogP contribution >= 0.6 is 0 Å². The van der Waals surface area contributed by atoms with Crippen molar-refractivity contribution in [3.63, 3.8) is 0 Å². The molecule has 5 nitrogen and oxygen atoms in total. The van der Waals surface area contributed by atoms with Crippen LogP contribution in [0.5, 0.6) is 11.5 Å². The summed E-state index contributed by atoms with van der Waals surface area (Å²) >= 11 is 0. The third-order valence-electron chi connectivity index (χ3n) is 4.18. The van der Waals surface area contributed by atoms with Crippen LogP contribution in [0.15, 0.2) is 48.5 Å². The summed E-state index contributed by atoms with van der Waals surface area (Å²) < 4.78 is 10.8. The van der Waals surface area contributed by atoms with Crippen molar-refractivity contribution in [1.82, 2.24) is 0 Å². The summed E-state index contributed by atoms with van der Waals surface area (Å²) in [5, 5.41) is 2.70. The Bertz CT molecular complexity index is 733. The van der Waals surface area contributed by atoms with Gasteiger partial charge in [-0.2, -0.15) is 0 Å². The van der Waals surface area contributed by atoms with E-state index in [1.807, 2.05) is 31.2 Å². The van der Waals surface area contributed by atoms with E-state index in [1.165, 1.54) is 5.56 Å². The van der Waals surface area contributed by atoms with Gasteiger partial charge in [0.25, 0.3) is 5.91 Å². The molecule has 0 spiro atoms. The van der Waals surface area contributed by atoms with Crippen molar-refractivity contribution in [3.05, 3.63) is 54.1 Å². The topological polar surface area (TPSA) is 64.6 Å². The summed E-state index contributed by atoms with van der Waals surface area (Å²) in [5.41, 5.74) is 1.80. The molecule has 1 aliphatic rings. The Morgan fingerprint density at radius 1 is 1.00 bits per heavy atom. The van der Waals surface area contributed by atoms with Crippen LogP contribution in [0, 0.1) is 12.8 Å². The van der Waals surface area contributed by atoms with Gasteiger partial charge in [-0.05, 0) is 56.2 Å². The van der Waals surface area contributed by atoms with E-state index in [9.17, 15) is 9.59 Å². The number of hydrogen-bond acceptors (Lipinski definition) is 4. The number of hydrogen-bond donors (Lipinski definition) is 1. The first-order valence-corrected chi connectivity index (χ1v) is 8.41. The summed E-state index contributed by atoms with van der Waals surface area (Å²) in [6.45, 7) is 1.77. The number of ether oxygens (including phenoxy) is 2. The van der Waals surface area contributed by atoms with Gasteiger partial charge < -0.3 is 14.8 Å². The maximum atomic E-state index is 11.8. The van der Waals surface area contributed by atoms with Crippen molar-refractivity contribution in [2.45, 2.75) is 26.2 Å². The Morgan fingerprint density at radius 3 is 2.16 bits per heavy atom. The molecule has 1 fully saturated rings. The van der Waals surface area contributed by atoms with Crippen LogP contribution in [0.1, 0.15) is 24.8 Å². The second kappa shape index (κ2) is 7.83. The first-order chi connectivity index (χ1) is 12.1. The fourth-order valence-electron chi connectivity index (χ4n) is 2.44. The Hall–Kier alpha value is -2.82. The minimum absolute atomic E-state index is 0.0222. The molecule has 1 N–H and O–H groups in total. The van der Waals surface area contributed by atoms with Gasteiger partial charge >= 0.3 is 5.97 Å². The zero-order chi connectivity index (χ0) is 17.6. The summed E-state index contributed by atoms with van der Waals surface area (Å²) in [6.07, 6.45) is 2.79. The Labute approximate surface area is 147 Å². The zero-order valence-corrected chi connectivity index (χ0v) is 14.2. The molecule has 1 aliphatic carbocycles. The van der Waals surface area contributed by atoms with E-state index in [2.05, 4.69) is 5.32 Å². The number of amides is 1. The van der Waals surface area contributed by atoms with E-state index in [4.69, 9.17) is 9.47 Å². The molecule has 1 saturated carbocycles. The van der Waals surface area contributed by atoms with E-state index in [0.29, 0.717) is 11.4 Å².